The lowest BCUT2D eigenvalue weighted by Crippen LogP contribution is -2.30. The molecule has 2 rings (SSSR count). The quantitative estimate of drug-likeness (QED) is 0.633. The summed E-state index contributed by atoms with van der Waals surface area (Å²) in [6, 6.07) is 9.06. The Morgan fingerprint density at radius 3 is 2.45 bits per heavy atom. The number of hydrogen-bond acceptors (Lipinski definition) is 5. The van der Waals surface area contributed by atoms with Crippen LogP contribution in [-0.4, -0.2) is 44.3 Å². The van der Waals surface area contributed by atoms with Gasteiger partial charge in [-0.3, -0.25) is 4.79 Å². The predicted molar refractivity (Wildman–Crippen MR) is 107 cm³/mol. The molecule has 0 aliphatic heterocycles. The van der Waals surface area contributed by atoms with Crippen LogP contribution in [0.15, 0.2) is 47.4 Å². The molecule has 0 saturated carbocycles. The topological polar surface area (TPSA) is 92.8 Å². The number of halogens is 2. The molecule has 0 spiro atoms. The molecule has 1 N–H and O–H groups in total. The van der Waals surface area contributed by atoms with E-state index in [1.165, 1.54) is 40.7 Å². The predicted octanol–water partition coefficient (Wildman–Crippen LogP) is 3.31. The zero-order valence-corrected chi connectivity index (χ0v) is 17.4. The Morgan fingerprint density at radius 1 is 1.14 bits per heavy atom. The van der Waals surface area contributed by atoms with Gasteiger partial charge in [0.05, 0.1) is 16.1 Å². The number of ether oxygens (including phenoxy) is 1. The summed E-state index contributed by atoms with van der Waals surface area (Å²) < 4.78 is 45.0. The third-order valence-corrected chi connectivity index (χ3v) is 6.23. The fourth-order valence-electron chi connectivity index (χ4n) is 2.49. The summed E-state index contributed by atoms with van der Waals surface area (Å²) in [6.07, 6.45) is 0. The molecule has 0 bridgehead atoms. The van der Waals surface area contributed by atoms with E-state index in [4.69, 9.17) is 16.3 Å². The molecule has 0 unspecified atom stereocenters. The second kappa shape index (κ2) is 9.82. The van der Waals surface area contributed by atoms with Crippen molar-refractivity contribution in [2.45, 2.75) is 18.7 Å². The molecule has 0 aliphatic rings. The van der Waals surface area contributed by atoms with Gasteiger partial charge in [-0.25, -0.2) is 17.6 Å². The number of nitrogens with zero attached hydrogens (tertiary/aromatic N) is 1. The van der Waals surface area contributed by atoms with Crippen LogP contribution in [0.5, 0.6) is 0 Å². The van der Waals surface area contributed by atoms with Crippen LogP contribution in [0, 0.1) is 5.82 Å². The van der Waals surface area contributed by atoms with Gasteiger partial charge in [-0.2, -0.15) is 4.31 Å². The summed E-state index contributed by atoms with van der Waals surface area (Å²) in [5.74, 6) is -2.37. The van der Waals surface area contributed by atoms with Crippen LogP contribution in [0.2, 0.25) is 5.02 Å². The number of carbonyl (C=O) groups excluding carboxylic acids is 2. The third-order valence-electron chi connectivity index (χ3n) is 3.95. The van der Waals surface area contributed by atoms with Crippen molar-refractivity contribution >= 4 is 39.2 Å². The van der Waals surface area contributed by atoms with Crippen molar-refractivity contribution < 1.29 is 27.1 Å². The van der Waals surface area contributed by atoms with E-state index in [1.807, 2.05) is 0 Å². The van der Waals surface area contributed by atoms with E-state index in [0.717, 1.165) is 6.07 Å². The van der Waals surface area contributed by atoms with Gasteiger partial charge in [-0.1, -0.05) is 31.5 Å². The van der Waals surface area contributed by atoms with Gasteiger partial charge in [-0.05, 0) is 36.4 Å². The van der Waals surface area contributed by atoms with Crippen LogP contribution in [0.25, 0.3) is 0 Å². The molecule has 29 heavy (non-hydrogen) atoms. The van der Waals surface area contributed by atoms with Crippen LogP contribution in [0.3, 0.4) is 0 Å². The number of carbonyl (C=O) groups is 2. The Labute approximate surface area is 173 Å². The smallest absolute Gasteiger partial charge is 0.338 e. The standard InChI is InChI=1S/C19H20ClFN2O5S/c1-3-23(4-2)29(26,27)15-7-5-6-13(10-15)19(25)28-12-18(24)22-17-9-8-14(20)11-16(17)21/h5-11H,3-4,12H2,1-2H3,(H,22,24). The van der Waals surface area contributed by atoms with E-state index < -0.39 is 34.3 Å². The highest BCUT2D eigenvalue weighted by Crippen LogP contribution is 2.19. The molecule has 0 heterocycles. The summed E-state index contributed by atoms with van der Waals surface area (Å²) >= 11 is 5.64. The molecule has 0 saturated heterocycles. The van der Waals surface area contributed by atoms with Gasteiger partial charge in [0.2, 0.25) is 10.0 Å². The molecule has 156 valence electrons. The average Bonchev–Trinajstić information content (AvgIpc) is 2.69. The van der Waals surface area contributed by atoms with Crippen molar-refractivity contribution in [1.29, 1.82) is 0 Å². The van der Waals surface area contributed by atoms with Gasteiger partial charge in [0, 0.05) is 18.1 Å². The largest absolute Gasteiger partial charge is 0.452 e. The number of anilines is 1. The Hall–Kier alpha value is -2.49. The highest BCUT2D eigenvalue weighted by molar-refractivity contribution is 7.89. The fraction of sp³-hybridized carbons (Fsp3) is 0.263. The van der Waals surface area contributed by atoms with E-state index in [-0.39, 0.29) is 34.3 Å². The summed E-state index contributed by atoms with van der Waals surface area (Å²) in [6.45, 7) is 3.32. The number of hydrogen-bond donors (Lipinski definition) is 1. The summed E-state index contributed by atoms with van der Waals surface area (Å²) in [4.78, 5) is 24.0. The summed E-state index contributed by atoms with van der Waals surface area (Å²) in [7, 11) is -3.74. The molecule has 2 aromatic carbocycles. The normalized spacial score (nSPS) is 11.3. The van der Waals surface area contributed by atoms with Crippen LogP contribution in [-0.2, 0) is 19.6 Å². The Balaban J connectivity index is 2.05. The monoisotopic (exact) mass is 442 g/mol. The first-order valence-electron chi connectivity index (χ1n) is 8.71. The minimum atomic E-state index is -3.74. The van der Waals surface area contributed by atoms with E-state index in [9.17, 15) is 22.4 Å². The van der Waals surface area contributed by atoms with Crippen molar-refractivity contribution in [2.75, 3.05) is 25.0 Å². The fourth-order valence-corrected chi connectivity index (χ4v) is 4.15. The minimum absolute atomic E-state index is 0.0243. The van der Waals surface area contributed by atoms with Crippen molar-refractivity contribution in [2.24, 2.45) is 0 Å². The van der Waals surface area contributed by atoms with E-state index >= 15 is 0 Å². The average molecular weight is 443 g/mol. The van der Waals surface area contributed by atoms with Crippen LogP contribution in [0.4, 0.5) is 10.1 Å². The molecule has 0 aliphatic carbocycles. The first-order valence-corrected chi connectivity index (χ1v) is 10.5. The Bertz CT molecular complexity index is 1010. The number of amides is 1. The van der Waals surface area contributed by atoms with Crippen LogP contribution >= 0.6 is 11.6 Å². The summed E-state index contributed by atoms with van der Waals surface area (Å²) in [5, 5.41) is 2.43. The van der Waals surface area contributed by atoms with Gasteiger partial charge in [0.15, 0.2) is 6.61 Å². The number of rotatable bonds is 8. The number of nitrogens with one attached hydrogen (secondary N) is 1. The molecule has 0 fully saturated rings. The van der Waals surface area contributed by atoms with E-state index in [0.29, 0.717) is 0 Å². The zero-order valence-electron chi connectivity index (χ0n) is 15.8. The molecule has 0 atom stereocenters. The van der Waals surface area contributed by atoms with Crippen molar-refractivity contribution in [3.63, 3.8) is 0 Å². The number of benzene rings is 2. The second-order valence-corrected chi connectivity index (χ2v) is 8.24. The van der Waals surface area contributed by atoms with Gasteiger partial charge in [0.1, 0.15) is 5.82 Å². The number of esters is 1. The Kier molecular flexibility index (Phi) is 7.72. The van der Waals surface area contributed by atoms with Crippen molar-refractivity contribution in [3.05, 3.63) is 58.9 Å². The summed E-state index contributed by atoms with van der Waals surface area (Å²) in [5.41, 5.74) is -0.133. The van der Waals surface area contributed by atoms with Gasteiger partial charge in [-0.15, -0.1) is 0 Å². The third kappa shape index (κ3) is 5.75. The molecule has 10 heteroatoms. The minimum Gasteiger partial charge on any atom is -0.452 e. The highest BCUT2D eigenvalue weighted by atomic mass is 35.5. The first kappa shape index (κ1) is 22.8. The lowest BCUT2D eigenvalue weighted by Gasteiger charge is -2.18. The van der Waals surface area contributed by atoms with Crippen molar-refractivity contribution in [3.8, 4) is 0 Å². The lowest BCUT2D eigenvalue weighted by atomic mass is 10.2. The lowest BCUT2D eigenvalue weighted by molar-refractivity contribution is -0.119. The molecular weight excluding hydrogens is 423 g/mol. The molecule has 1 amide bonds. The second-order valence-electron chi connectivity index (χ2n) is 5.87. The van der Waals surface area contributed by atoms with E-state index in [2.05, 4.69) is 5.32 Å². The van der Waals surface area contributed by atoms with E-state index in [1.54, 1.807) is 13.8 Å². The molecular formula is C19H20ClFN2O5S. The van der Waals surface area contributed by atoms with Crippen LogP contribution in [0.1, 0.15) is 24.2 Å². The maximum absolute atomic E-state index is 13.7. The zero-order chi connectivity index (χ0) is 21.6. The Morgan fingerprint density at radius 2 is 1.83 bits per heavy atom. The van der Waals surface area contributed by atoms with Gasteiger partial charge in [0.25, 0.3) is 5.91 Å². The van der Waals surface area contributed by atoms with Gasteiger partial charge < -0.3 is 10.1 Å². The SMILES string of the molecule is CCN(CC)S(=O)(=O)c1cccc(C(=O)OCC(=O)Nc2ccc(Cl)cc2F)c1. The maximum Gasteiger partial charge on any atom is 0.338 e. The highest BCUT2D eigenvalue weighted by Gasteiger charge is 2.23. The molecule has 0 radical (unpaired) electrons. The molecule has 0 aromatic heterocycles. The van der Waals surface area contributed by atoms with Crippen LogP contribution < -0.4 is 5.32 Å². The van der Waals surface area contributed by atoms with Crippen molar-refractivity contribution in [1.82, 2.24) is 4.31 Å². The molecule has 7 nitrogen and oxygen atoms in total. The maximum atomic E-state index is 13.7. The van der Waals surface area contributed by atoms with Gasteiger partial charge >= 0.3 is 5.97 Å². The molecule has 2 aromatic rings. The first-order chi connectivity index (χ1) is 13.7. The number of sulfonamides is 1.